The second-order valence-electron chi connectivity index (χ2n) is 8.81. The Bertz CT molecular complexity index is 1590. The van der Waals surface area contributed by atoms with Gasteiger partial charge in [-0.1, -0.05) is 45.4 Å². The van der Waals surface area contributed by atoms with Crippen molar-refractivity contribution in [2.24, 2.45) is 5.73 Å². The van der Waals surface area contributed by atoms with E-state index in [0.29, 0.717) is 47.7 Å². The zero-order chi connectivity index (χ0) is 35.5. The standard InChI is InChI=1S/C11H11N3O.C6H7N3.C6H4N2.C6H9O2.C5H10O2.K.H2O/c1-2-8-7-13-10(14-11(8)15)9-5-3-4-6-12-9;7-6(8)5-3-1-2-4-9-5;7-5-6-3-1-2-4-8-6;1-4-5(2)6(7)8-3;1-3-4-5(6)7-2;;/h3-7H,2H2,1H3,(H,13,14,15);1-4H,(H3,7,8);1-4H;2H,4H2,1,3H3;3-4H2,1-2H3;;1H2/q;;;-1;;+1;/p-1. The van der Waals surface area contributed by atoms with Crippen molar-refractivity contribution in [2.75, 3.05) is 14.2 Å². The van der Waals surface area contributed by atoms with Crippen LogP contribution in [0.3, 0.4) is 0 Å². The Labute approximate surface area is 329 Å². The maximum Gasteiger partial charge on any atom is 1.00 e. The van der Waals surface area contributed by atoms with Gasteiger partial charge in [-0.05, 0) is 49.2 Å². The van der Waals surface area contributed by atoms with Gasteiger partial charge in [0.2, 0.25) is 0 Å². The molecule has 15 heteroatoms. The number of nitrogens with zero attached hydrogens (tertiary/aromatic N) is 5. The molecule has 0 spiro atoms. The molecule has 0 aliphatic carbocycles. The fourth-order valence-corrected chi connectivity index (χ4v) is 2.84. The minimum absolute atomic E-state index is 0. The van der Waals surface area contributed by atoms with E-state index in [-0.39, 0.29) is 79.8 Å². The average molecular weight is 698 g/mol. The van der Waals surface area contributed by atoms with E-state index in [2.05, 4.69) is 34.4 Å². The molecule has 0 saturated carbocycles. The van der Waals surface area contributed by atoms with Crippen molar-refractivity contribution >= 4 is 17.8 Å². The number of nitrogen functional groups attached to an aromatic ring is 1. The summed E-state index contributed by atoms with van der Waals surface area (Å²) in [4.78, 5) is 50.6. The van der Waals surface area contributed by atoms with Gasteiger partial charge in [0, 0.05) is 36.8 Å². The van der Waals surface area contributed by atoms with Crippen LogP contribution in [0.2, 0.25) is 0 Å². The Balaban J connectivity index is -0.000000554. The fraction of sp³-hybridized carbons (Fsp3) is 0.265. The van der Waals surface area contributed by atoms with Gasteiger partial charge in [0.05, 0.1) is 14.2 Å². The molecule has 0 amide bonds. The SMILES string of the molecule is CCCC(=O)OC.CCc1cnc(-c2ccccn2)[nH]c1=O.N#Cc1ccccn1.N=C(N)c1ccccn1.[CH-]=C(CC)C(=O)OC.[K+].[OH-]. The van der Waals surface area contributed by atoms with Crippen molar-refractivity contribution in [1.29, 1.82) is 10.7 Å². The summed E-state index contributed by atoms with van der Waals surface area (Å²) >= 11 is 0. The normalized spacial score (nSPS) is 8.57. The Morgan fingerprint density at radius 3 is 1.84 bits per heavy atom. The van der Waals surface area contributed by atoms with Gasteiger partial charge >= 0.3 is 57.4 Å². The molecule has 49 heavy (non-hydrogen) atoms. The molecule has 14 nitrogen and oxygen atoms in total. The van der Waals surface area contributed by atoms with E-state index in [9.17, 15) is 14.4 Å². The molecule has 4 aromatic heterocycles. The van der Waals surface area contributed by atoms with Gasteiger partial charge in [0.1, 0.15) is 29.0 Å². The first-order chi connectivity index (χ1) is 22.6. The molecule has 0 unspecified atom stereocenters. The minimum atomic E-state index is -0.424. The molecule has 256 valence electrons. The maximum atomic E-state index is 11.5. The van der Waals surface area contributed by atoms with E-state index in [0.717, 1.165) is 6.42 Å². The molecule has 0 bridgehead atoms. The first-order valence-corrected chi connectivity index (χ1v) is 14.4. The Kier molecular flexibility index (Phi) is 30.8. The third kappa shape index (κ3) is 22.7. The van der Waals surface area contributed by atoms with Crippen molar-refractivity contribution in [3.63, 3.8) is 0 Å². The molecule has 0 fully saturated rings. The first kappa shape index (κ1) is 49.0. The number of carbonyl (C=O) groups excluding carboxylic acids is 2. The average Bonchev–Trinajstić information content (AvgIpc) is 3.13. The molecule has 5 N–H and O–H groups in total. The Hall–Kier alpha value is -4.43. The minimum Gasteiger partial charge on any atom is -0.870 e. The van der Waals surface area contributed by atoms with E-state index in [1.165, 1.54) is 14.2 Å². The first-order valence-electron chi connectivity index (χ1n) is 14.4. The zero-order valence-corrected chi connectivity index (χ0v) is 31.8. The smallest absolute Gasteiger partial charge is 0.870 e. The third-order valence-corrected chi connectivity index (χ3v) is 5.39. The number of hydrogen-bond donors (Lipinski definition) is 3. The number of nitrogens with one attached hydrogen (secondary N) is 2. The Morgan fingerprint density at radius 2 is 1.53 bits per heavy atom. The van der Waals surface area contributed by atoms with E-state index >= 15 is 0 Å². The fourth-order valence-electron chi connectivity index (χ4n) is 2.84. The van der Waals surface area contributed by atoms with Crippen molar-refractivity contribution in [2.45, 2.75) is 46.5 Å². The third-order valence-electron chi connectivity index (χ3n) is 5.39. The number of nitrogens with two attached hydrogens (primary N) is 1. The summed E-state index contributed by atoms with van der Waals surface area (Å²) in [7, 11) is 2.71. The number of ether oxygens (including phenoxy) is 2. The van der Waals surface area contributed by atoms with Crippen LogP contribution in [0.5, 0.6) is 0 Å². The van der Waals surface area contributed by atoms with Gasteiger partial charge < -0.3 is 30.5 Å². The van der Waals surface area contributed by atoms with Gasteiger partial charge in [-0.3, -0.25) is 31.5 Å². The molecule has 0 aliphatic heterocycles. The summed E-state index contributed by atoms with van der Waals surface area (Å²) in [6, 6.07) is 17.9. The zero-order valence-electron chi connectivity index (χ0n) is 28.7. The molecule has 4 aromatic rings. The monoisotopic (exact) mass is 697 g/mol. The van der Waals surface area contributed by atoms with Crippen LogP contribution in [0.1, 0.15) is 57.0 Å². The van der Waals surface area contributed by atoms with Crippen LogP contribution >= 0.6 is 0 Å². The molecule has 0 atom stereocenters. The van der Waals surface area contributed by atoms with Gasteiger partial charge in [-0.2, -0.15) is 5.26 Å². The predicted molar refractivity (Wildman–Crippen MR) is 181 cm³/mol. The molecule has 0 radical (unpaired) electrons. The molecular weight excluding hydrogens is 656 g/mol. The summed E-state index contributed by atoms with van der Waals surface area (Å²) in [5.74, 6) is -0.0246. The number of nitriles is 1. The van der Waals surface area contributed by atoms with Crippen molar-refractivity contribution in [1.82, 2.24) is 24.9 Å². The van der Waals surface area contributed by atoms with Crippen LogP contribution in [0, 0.1) is 23.3 Å². The van der Waals surface area contributed by atoms with Gasteiger partial charge in [-0.15, -0.1) is 5.57 Å². The largest absolute Gasteiger partial charge is 1.00 e. The predicted octanol–water partition coefficient (Wildman–Crippen LogP) is 1.43. The number of H-pyrrole nitrogens is 1. The van der Waals surface area contributed by atoms with Gasteiger partial charge in [0.25, 0.3) is 5.56 Å². The number of aromatic amines is 1. The maximum absolute atomic E-state index is 11.5. The number of hydrogen-bond acceptors (Lipinski definition) is 12. The Morgan fingerprint density at radius 1 is 0.939 bits per heavy atom. The van der Waals surface area contributed by atoms with Crippen LogP contribution in [-0.4, -0.2) is 62.4 Å². The van der Waals surface area contributed by atoms with Gasteiger partial charge in [0.15, 0.2) is 11.8 Å². The summed E-state index contributed by atoms with van der Waals surface area (Å²) in [6.45, 7) is 10.8. The van der Waals surface area contributed by atoms with Crippen LogP contribution in [0.25, 0.3) is 11.5 Å². The topological polar surface area (TPSA) is 241 Å². The number of aryl methyl sites for hydroxylation is 1. The van der Waals surface area contributed by atoms with Gasteiger partial charge in [-0.25, -0.2) is 9.97 Å². The number of amidine groups is 1. The van der Waals surface area contributed by atoms with Crippen LogP contribution in [0.4, 0.5) is 0 Å². The van der Waals surface area contributed by atoms with Crippen molar-refractivity contribution < 1.29 is 75.9 Å². The summed E-state index contributed by atoms with van der Waals surface area (Å²) in [5.41, 5.74) is 7.67. The number of methoxy groups -OCH3 is 2. The van der Waals surface area contributed by atoms with E-state index in [1.54, 1.807) is 68.1 Å². The molecule has 0 aliphatic rings. The van der Waals surface area contributed by atoms with Crippen LogP contribution in [-0.2, 0) is 25.5 Å². The summed E-state index contributed by atoms with van der Waals surface area (Å²) in [5, 5.41) is 15.2. The molecule has 4 rings (SSSR count). The molecular formula is C34H42KN8O6-. The quantitative estimate of drug-likeness (QED) is 0.0621. The summed E-state index contributed by atoms with van der Waals surface area (Å²) < 4.78 is 8.65. The van der Waals surface area contributed by atoms with Crippen LogP contribution < -0.4 is 62.7 Å². The summed E-state index contributed by atoms with van der Waals surface area (Å²) in [6.07, 6.45) is 9.11. The number of esters is 2. The number of carbonyl (C=O) groups is 2. The van der Waals surface area contributed by atoms with E-state index in [4.69, 9.17) is 23.0 Å². The second kappa shape index (κ2) is 30.9. The molecule has 4 heterocycles. The van der Waals surface area contributed by atoms with E-state index < -0.39 is 5.97 Å². The number of rotatable bonds is 7. The number of pyridine rings is 3. The van der Waals surface area contributed by atoms with E-state index in [1.807, 2.05) is 38.1 Å². The van der Waals surface area contributed by atoms with Crippen molar-refractivity contribution in [3.05, 3.63) is 119 Å². The molecule has 0 aromatic carbocycles. The second-order valence-corrected chi connectivity index (χ2v) is 8.81. The number of aromatic nitrogens is 5. The van der Waals surface area contributed by atoms with Crippen molar-refractivity contribution in [3.8, 4) is 17.6 Å². The van der Waals surface area contributed by atoms with Crippen LogP contribution in [0.15, 0.2) is 89.8 Å². The molecule has 0 saturated heterocycles.